The minimum atomic E-state index is -1.01. The molecule has 1 aromatic carbocycles. The zero-order valence-electron chi connectivity index (χ0n) is 11.9. The number of anilines is 1. The Morgan fingerprint density at radius 3 is 2.73 bits per heavy atom. The molecule has 0 saturated heterocycles. The number of hydrogen-bond acceptors (Lipinski definition) is 5. The molecule has 0 aliphatic carbocycles. The highest BCUT2D eigenvalue weighted by Gasteiger charge is 2.18. The van der Waals surface area contributed by atoms with E-state index < -0.39 is 23.3 Å². The molecule has 8 heteroatoms. The summed E-state index contributed by atoms with van der Waals surface area (Å²) in [5.41, 5.74) is 0.208. The number of aryl methyl sites for hydroxylation is 1. The van der Waals surface area contributed by atoms with Crippen LogP contribution >= 0.6 is 0 Å². The smallest absolute Gasteiger partial charge is 0.259 e. The van der Waals surface area contributed by atoms with Gasteiger partial charge >= 0.3 is 0 Å². The second-order valence-corrected chi connectivity index (χ2v) is 4.34. The Kier molecular flexibility index (Phi) is 4.62. The molecule has 1 aromatic heterocycles. The van der Waals surface area contributed by atoms with Gasteiger partial charge in [0.1, 0.15) is 6.61 Å². The van der Waals surface area contributed by atoms with E-state index in [1.165, 1.54) is 6.20 Å². The fourth-order valence-electron chi connectivity index (χ4n) is 1.82. The normalized spacial score (nSPS) is 10.4. The van der Waals surface area contributed by atoms with E-state index in [4.69, 9.17) is 5.11 Å². The topological polar surface area (TPSA) is 84.3 Å². The van der Waals surface area contributed by atoms with Gasteiger partial charge in [-0.1, -0.05) is 0 Å². The lowest BCUT2D eigenvalue weighted by Gasteiger charge is -2.11. The molecule has 0 bridgehead atoms. The zero-order valence-corrected chi connectivity index (χ0v) is 11.9. The van der Waals surface area contributed by atoms with E-state index in [-0.39, 0.29) is 23.7 Å². The molecule has 0 spiro atoms. The first-order chi connectivity index (χ1) is 10.5. The lowest BCUT2D eigenvalue weighted by molar-refractivity contribution is 0.102. The molecule has 1 heterocycles. The van der Waals surface area contributed by atoms with Crippen molar-refractivity contribution in [1.29, 1.82) is 0 Å². The molecular formula is C14H13F2N3O3. The number of halogens is 2. The average Bonchev–Trinajstić information content (AvgIpc) is 2.50. The molecule has 2 N–H and O–H groups in total. The van der Waals surface area contributed by atoms with E-state index in [0.717, 1.165) is 19.2 Å². The molecular weight excluding hydrogens is 296 g/mol. The van der Waals surface area contributed by atoms with Crippen molar-refractivity contribution in [3.05, 3.63) is 47.0 Å². The van der Waals surface area contributed by atoms with Gasteiger partial charge in [0.05, 0.1) is 24.1 Å². The quantitative estimate of drug-likeness (QED) is 0.900. The number of rotatable bonds is 4. The monoisotopic (exact) mass is 309 g/mol. The minimum absolute atomic E-state index is 0.111. The molecule has 6 nitrogen and oxygen atoms in total. The van der Waals surface area contributed by atoms with Crippen LogP contribution in [-0.4, -0.2) is 28.1 Å². The molecule has 0 aliphatic rings. The summed E-state index contributed by atoms with van der Waals surface area (Å²) in [4.78, 5) is 19.8. The standard InChI is InChI=1S/C14H13F2N3O3/c1-7-8(5-17-11(6-20)18-7)14(21)19-10-4-3-9(15)13(22-2)12(10)16/h3-5,20H,6H2,1-2H3,(H,19,21). The Hall–Kier alpha value is -2.61. The van der Waals surface area contributed by atoms with E-state index in [1.807, 2.05) is 0 Å². The van der Waals surface area contributed by atoms with Crippen LogP contribution in [-0.2, 0) is 6.61 Å². The fraction of sp³-hybridized carbons (Fsp3) is 0.214. The SMILES string of the molecule is COc1c(F)ccc(NC(=O)c2cnc(CO)nc2C)c1F. The Bertz CT molecular complexity index is 723. The van der Waals surface area contributed by atoms with Gasteiger partial charge in [-0.25, -0.2) is 18.7 Å². The van der Waals surface area contributed by atoms with E-state index in [2.05, 4.69) is 20.0 Å². The van der Waals surface area contributed by atoms with Crippen molar-refractivity contribution in [1.82, 2.24) is 9.97 Å². The molecule has 0 radical (unpaired) electrons. The Balaban J connectivity index is 2.30. The maximum absolute atomic E-state index is 14.0. The summed E-state index contributed by atoms with van der Waals surface area (Å²) in [5.74, 6) is -2.95. The molecule has 0 unspecified atom stereocenters. The third kappa shape index (κ3) is 3.01. The van der Waals surface area contributed by atoms with Crippen molar-refractivity contribution >= 4 is 11.6 Å². The number of benzene rings is 1. The van der Waals surface area contributed by atoms with Crippen molar-refractivity contribution < 1.29 is 23.4 Å². The predicted octanol–water partition coefficient (Wildman–Crippen LogP) is 1.82. The van der Waals surface area contributed by atoms with E-state index in [0.29, 0.717) is 5.69 Å². The summed E-state index contributed by atoms with van der Waals surface area (Å²) in [5, 5.41) is 11.2. The molecule has 116 valence electrons. The van der Waals surface area contributed by atoms with Gasteiger partial charge in [0, 0.05) is 6.20 Å². The number of methoxy groups -OCH3 is 1. The first kappa shape index (κ1) is 15.8. The first-order valence-electron chi connectivity index (χ1n) is 6.24. The Labute approximate surface area is 124 Å². The number of nitrogens with one attached hydrogen (secondary N) is 1. The number of nitrogens with zero attached hydrogens (tertiary/aromatic N) is 2. The lowest BCUT2D eigenvalue weighted by atomic mass is 10.2. The molecule has 1 amide bonds. The van der Waals surface area contributed by atoms with Crippen LogP contribution in [0.1, 0.15) is 21.9 Å². The number of aliphatic hydroxyl groups excluding tert-OH is 1. The van der Waals surface area contributed by atoms with Gasteiger partial charge in [-0.3, -0.25) is 4.79 Å². The molecule has 0 atom stereocenters. The Morgan fingerprint density at radius 2 is 2.14 bits per heavy atom. The van der Waals surface area contributed by atoms with Crippen molar-refractivity contribution in [3.8, 4) is 5.75 Å². The molecule has 0 saturated carbocycles. The van der Waals surface area contributed by atoms with Gasteiger partial charge in [0.15, 0.2) is 23.2 Å². The second-order valence-electron chi connectivity index (χ2n) is 4.34. The van der Waals surface area contributed by atoms with Crippen LogP contribution in [0.25, 0.3) is 0 Å². The van der Waals surface area contributed by atoms with Crippen molar-refractivity contribution in [2.45, 2.75) is 13.5 Å². The predicted molar refractivity (Wildman–Crippen MR) is 73.6 cm³/mol. The summed E-state index contributed by atoms with van der Waals surface area (Å²) < 4.78 is 31.9. The van der Waals surface area contributed by atoms with Crippen LogP contribution in [0.4, 0.5) is 14.5 Å². The number of aliphatic hydroxyl groups is 1. The van der Waals surface area contributed by atoms with Gasteiger partial charge in [0.2, 0.25) is 0 Å². The van der Waals surface area contributed by atoms with Crippen LogP contribution < -0.4 is 10.1 Å². The molecule has 0 fully saturated rings. The number of hydrogen-bond donors (Lipinski definition) is 2. The first-order valence-corrected chi connectivity index (χ1v) is 6.24. The van der Waals surface area contributed by atoms with Gasteiger partial charge in [-0.05, 0) is 19.1 Å². The van der Waals surface area contributed by atoms with Crippen molar-refractivity contribution in [2.75, 3.05) is 12.4 Å². The third-order valence-electron chi connectivity index (χ3n) is 2.92. The maximum Gasteiger partial charge on any atom is 0.259 e. The zero-order chi connectivity index (χ0) is 16.3. The summed E-state index contributed by atoms with van der Waals surface area (Å²) in [6.45, 7) is 1.20. The van der Waals surface area contributed by atoms with Crippen LogP contribution in [0.3, 0.4) is 0 Å². The van der Waals surface area contributed by atoms with Gasteiger partial charge in [0.25, 0.3) is 5.91 Å². The second kappa shape index (κ2) is 6.44. The lowest BCUT2D eigenvalue weighted by Crippen LogP contribution is -2.16. The van der Waals surface area contributed by atoms with Gasteiger partial charge < -0.3 is 15.2 Å². The maximum atomic E-state index is 14.0. The number of carbonyl (C=O) groups excluding carboxylic acids is 1. The fourth-order valence-corrected chi connectivity index (χ4v) is 1.82. The third-order valence-corrected chi connectivity index (χ3v) is 2.92. The molecule has 0 aliphatic heterocycles. The number of amides is 1. The summed E-state index contributed by atoms with van der Waals surface area (Å²) in [6, 6.07) is 2.07. The molecule has 2 rings (SSSR count). The van der Waals surface area contributed by atoms with Crippen LogP contribution in [0.15, 0.2) is 18.3 Å². The summed E-state index contributed by atoms with van der Waals surface area (Å²) >= 11 is 0. The highest BCUT2D eigenvalue weighted by atomic mass is 19.1. The molecule has 22 heavy (non-hydrogen) atoms. The number of carbonyl (C=O) groups is 1. The van der Waals surface area contributed by atoms with Crippen LogP contribution in [0.2, 0.25) is 0 Å². The Morgan fingerprint density at radius 1 is 1.41 bits per heavy atom. The van der Waals surface area contributed by atoms with Gasteiger partial charge in [-0.2, -0.15) is 0 Å². The van der Waals surface area contributed by atoms with E-state index >= 15 is 0 Å². The van der Waals surface area contributed by atoms with E-state index in [1.54, 1.807) is 6.92 Å². The van der Waals surface area contributed by atoms with Crippen LogP contribution in [0.5, 0.6) is 5.75 Å². The largest absolute Gasteiger partial charge is 0.491 e. The number of aromatic nitrogens is 2. The highest BCUT2D eigenvalue weighted by molar-refractivity contribution is 6.04. The molecule has 2 aromatic rings. The summed E-state index contributed by atoms with van der Waals surface area (Å²) in [7, 11) is 1.12. The average molecular weight is 309 g/mol. The van der Waals surface area contributed by atoms with Crippen molar-refractivity contribution in [3.63, 3.8) is 0 Å². The summed E-state index contributed by atoms with van der Waals surface area (Å²) in [6.07, 6.45) is 1.22. The van der Waals surface area contributed by atoms with Gasteiger partial charge in [-0.15, -0.1) is 0 Å². The minimum Gasteiger partial charge on any atom is -0.491 e. The highest BCUT2D eigenvalue weighted by Crippen LogP contribution is 2.27. The number of ether oxygens (including phenoxy) is 1. The van der Waals surface area contributed by atoms with Crippen LogP contribution in [0, 0.1) is 18.6 Å². The van der Waals surface area contributed by atoms with Crippen molar-refractivity contribution in [2.24, 2.45) is 0 Å². The van der Waals surface area contributed by atoms with E-state index in [9.17, 15) is 13.6 Å².